The summed E-state index contributed by atoms with van der Waals surface area (Å²) < 4.78 is 0. The molecule has 0 aromatic rings. The van der Waals surface area contributed by atoms with Crippen LogP contribution in [0.2, 0.25) is 0 Å². The van der Waals surface area contributed by atoms with Crippen LogP contribution >= 0.6 is 0 Å². The first-order chi connectivity index (χ1) is 3.85. The first-order valence-electron chi connectivity index (χ1n) is 2.93. The molecule has 0 bridgehead atoms. The van der Waals surface area contributed by atoms with Gasteiger partial charge in [-0.2, -0.15) is 0 Å². The van der Waals surface area contributed by atoms with Crippen molar-refractivity contribution in [3.8, 4) is 0 Å². The van der Waals surface area contributed by atoms with Crippen LogP contribution in [0.3, 0.4) is 0 Å². The summed E-state index contributed by atoms with van der Waals surface area (Å²) in [6.45, 7) is 6.73. The van der Waals surface area contributed by atoms with E-state index in [1.54, 1.807) is 20.8 Å². The zero-order valence-electron chi connectivity index (χ0n) is 7.36. The molecule has 54 valence electrons. The zero-order valence-corrected chi connectivity index (χ0v) is 12.3. The Kier molecular flexibility index (Phi) is 6.99. The predicted octanol–water partition coefficient (Wildman–Crippen LogP) is -1.47. The number of carbonyl (C=O) groups is 1. The number of rotatable bonds is 1. The van der Waals surface area contributed by atoms with Crippen molar-refractivity contribution in [2.75, 3.05) is 0 Å². The van der Waals surface area contributed by atoms with Crippen molar-refractivity contribution in [2.24, 2.45) is 5.41 Å². The van der Waals surface area contributed by atoms with E-state index in [4.69, 9.17) is 5.11 Å². The number of hydrogen-bond acceptors (Lipinski definition) is 2. The van der Waals surface area contributed by atoms with Crippen LogP contribution in [-0.4, -0.2) is 10.9 Å². The molecule has 0 spiro atoms. The topological polar surface area (TPSA) is 37.3 Å². The number of aliphatic hydroxyl groups excluding tert-OH is 1. The molecular formula is C7H13O2Rb. The zero-order chi connectivity index (χ0) is 7.65. The summed E-state index contributed by atoms with van der Waals surface area (Å²) in [5.74, 6) is -0.192. The van der Waals surface area contributed by atoms with E-state index in [0.717, 1.165) is 0 Å². The van der Waals surface area contributed by atoms with Gasteiger partial charge in [-0.3, -0.25) is 0 Å². The Morgan fingerprint density at radius 2 is 1.70 bits per heavy atom. The van der Waals surface area contributed by atoms with Crippen LogP contribution < -0.4 is 58.2 Å². The maximum atomic E-state index is 10.9. The fourth-order valence-electron chi connectivity index (χ4n) is 0.543. The van der Waals surface area contributed by atoms with Crippen molar-refractivity contribution < 1.29 is 68.1 Å². The second-order valence-electron chi connectivity index (χ2n) is 3.16. The van der Waals surface area contributed by atoms with Gasteiger partial charge in [0.25, 0.3) is 0 Å². The fraction of sp³-hybridized carbons (Fsp3) is 0.714. The van der Waals surface area contributed by atoms with Gasteiger partial charge in [-0.05, 0) is 5.41 Å². The van der Waals surface area contributed by atoms with Crippen LogP contribution in [0.1, 0.15) is 27.7 Å². The summed E-state index contributed by atoms with van der Waals surface area (Å²) in [6.07, 6.45) is -0.109. The largest absolute Gasteiger partial charge is 1.00 e. The summed E-state index contributed by atoms with van der Waals surface area (Å²) in [5, 5.41) is 8.72. The molecule has 0 aliphatic rings. The molecule has 0 saturated heterocycles. The maximum Gasteiger partial charge on any atom is 1.00 e. The SMILES string of the molecule is C[C-](O)C(=O)C(C)(C)C.[Rb+]. The minimum atomic E-state index is -0.446. The number of Topliss-reactive ketones (excluding diaryl/α,β-unsaturated/α-hetero) is 1. The smallest absolute Gasteiger partial charge is 0.537 e. The van der Waals surface area contributed by atoms with Gasteiger partial charge in [0.2, 0.25) is 0 Å². The summed E-state index contributed by atoms with van der Waals surface area (Å²) in [4.78, 5) is 10.9. The second-order valence-corrected chi connectivity index (χ2v) is 3.16. The fourth-order valence-corrected chi connectivity index (χ4v) is 0.543. The Labute approximate surface area is 111 Å². The van der Waals surface area contributed by atoms with E-state index in [0.29, 0.717) is 0 Å². The second kappa shape index (κ2) is 5.04. The third-order valence-electron chi connectivity index (χ3n) is 1.01. The average molecular weight is 215 g/mol. The van der Waals surface area contributed by atoms with Gasteiger partial charge in [0, 0.05) is 5.78 Å². The van der Waals surface area contributed by atoms with Gasteiger partial charge < -0.3 is 9.90 Å². The molecule has 0 aliphatic carbocycles. The first-order valence-corrected chi connectivity index (χ1v) is 2.93. The molecule has 0 aromatic carbocycles. The molecular weight excluding hydrogens is 202 g/mol. The van der Waals surface area contributed by atoms with Crippen molar-refractivity contribution in [1.82, 2.24) is 0 Å². The maximum absolute atomic E-state index is 10.9. The van der Waals surface area contributed by atoms with E-state index in [1.807, 2.05) is 0 Å². The van der Waals surface area contributed by atoms with Crippen molar-refractivity contribution in [2.45, 2.75) is 27.7 Å². The molecule has 2 nitrogen and oxygen atoms in total. The average Bonchev–Trinajstić information content (AvgIpc) is 1.62. The van der Waals surface area contributed by atoms with Crippen LogP contribution in [0.15, 0.2) is 0 Å². The first kappa shape index (κ1) is 13.9. The molecule has 0 fully saturated rings. The molecule has 3 heteroatoms. The standard InChI is InChI=1S/C7H13O2.Rb/c1-5(8)6(9)7(2,3)4;/h8H,1-4H3;/q-1;+1. The minimum Gasteiger partial charge on any atom is -0.537 e. The van der Waals surface area contributed by atoms with Crippen molar-refractivity contribution in [1.29, 1.82) is 0 Å². The summed E-state index contributed by atoms with van der Waals surface area (Å²) >= 11 is 0. The number of aliphatic hydroxyl groups is 1. The van der Waals surface area contributed by atoms with Crippen LogP contribution in [0, 0.1) is 11.5 Å². The van der Waals surface area contributed by atoms with Gasteiger partial charge in [-0.15, -0.1) is 6.92 Å². The van der Waals surface area contributed by atoms with Gasteiger partial charge in [0.1, 0.15) is 0 Å². The predicted molar refractivity (Wildman–Crippen MR) is 35.3 cm³/mol. The van der Waals surface area contributed by atoms with Gasteiger partial charge >= 0.3 is 58.2 Å². The molecule has 0 aromatic heterocycles. The van der Waals surface area contributed by atoms with Crippen molar-refractivity contribution in [3.63, 3.8) is 0 Å². The molecule has 0 aliphatic heterocycles. The van der Waals surface area contributed by atoms with Crippen LogP contribution in [0.5, 0.6) is 0 Å². The van der Waals surface area contributed by atoms with E-state index in [2.05, 4.69) is 0 Å². The number of carbonyl (C=O) groups excluding carboxylic acids is 1. The van der Waals surface area contributed by atoms with Crippen LogP contribution in [0.4, 0.5) is 0 Å². The summed E-state index contributed by atoms with van der Waals surface area (Å²) in [5.41, 5.74) is -0.446. The Bertz CT molecular complexity index is 113. The monoisotopic (exact) mass is 214 g/mol. The molecule has 0 unspecified atom stereocenters. The van der Waals surface area contributed by atoms with Crippen molar-refractivity contribution >= 4 is 5.78 Å². The van der Waals surface area contributed by atoms with E-state index in [9.17, 15) is 4.79 Å². The molecule has 0 radical (unpaired) electrons. The van der Waals surface area contributed by atoms with E-state index in [-0.39, 0.29) is 70.1 Å². The number of hydrogen-bond donors (Lipinski definition) is 1. The molecule has 0 heterocycles. The van der Waals surface area contributed by atoms with Gasteiger partial charge in [0.05, 0.1) is 0 Å². The number of ketones is 1. The van der Waals surface area contributed by atoms with Crippen LogP contribution in [0.25, 0.3) is 0 Å². The third kappa shape index (κ3) is 5.02. The molecule has 0 saturated carbocycles. The normalized spacial score (nSPS) is 10.1. The van der Waals surface area contributed by atoms with E-state index < -0.39 is 5.41 Å². The molecule has 10 heavy (non-hydrogen) atoms. The van der Waals surface area contributed by atoms with Gasteiger partial charge in [-0.25, -0.2) is 6.10 Å². The third-order valence-corrected chi connectivity index (χ3v) is 1.01. The summed E-state index contributed by atoms with van der Waals surface area (Å²) in [7, 11) is 0. The quantitative estimate of drug-likeness (QED) is 0.542. The summed E-state index contributed by atoms with van der Waals surface area (Å²) in [6, 6.07) is 0. The Balaban J connectivity index is 0. The molecule has 0 atom stereocenters. The Hall–Kier alpha value is 1.31. The van der Waals surface area contributed by atoms with Crippen LogP contribution in [-0.2, 0) is 4.79 Å². The van der Waals surface area contributed by atoms with Crippen molar-refractivity contribution in [3.05, 3.63) is 6.10 Å². The molecule has 0 rings (SSSR count). The van der Waals surface area contributed by atoms with E-state index in [1.165, 1.54) is 6.92 Å². The van der Waals surface area contributed by atoms with Gasteiger partial charge in [0.15, 0.2) is 0 Å². The Morgan fingerprint density at radius 1 is 1.40 bits per heavy atom. The Morgan fingerprint density at radius 3 is 1.70 bits per heavy atom. The molecule has 1 N–H and O–H groups in total. The minimum absolute atomic E-state index is 0. The van der Waals surface area contributed by atoms with E-state index >= 15 is 0 Å². The molecule has 0 amide bonds. The van der Waals surface area contributed by atoms with Gasteiger partial charge in [-0.1, -0.05) is 20.8 Å².